The van der Waals surface area contributed by atoms with Crippen LogP contribution in [0.4, 0.5) is 0 Å². The molecule has 5 heterocycles. The van der Waals surface area contributed by atoms with E-state index in [4.69, 9.17) is 4.98 Å². The van der Waals surface area contributed by atoms with Gasteiger partial charge in [-0.15, -0.1) is 0 Å². The summed E-state index contributed by atoms with van der Waals surface area (Å²) in [5.41, 5.74) is 9.12. The third kappa shape index (κ3) is 2.95. The number of aromatic nitrogens is 5. The second-order valence-electron chi connectivity index (χ2n) is 11.1. The quantitative estimate of drug-likeness (QED) is 0.202. The number of para-hydroxylation sites is 3. The van der Waals surface area contributed by atoms with Crippen molar-refractivity contribution < 1.29 is 0 Å². The van der Waals surface area contributed by atoms with E-state index in [9.17, 15) is 0 Å². The number of pyridine rings is 2. The minimum atomic E-state index is 0.924. The number of benzene rings is 5. The van der Waals surface area contributed by atoms with Gasteiger partial charge in [0, 0.05) is 68.5 Å². The second-order valence-corrected chi connectivity index (χ2v) is 11.1. The Balaban J connectivity index is 1.49. The molecule has 5 heteroatoms. The highest BCUT2D eigenvalue weighted by Gasteiger charge is 2.22. The Morgan fingerprint density at radius 2 is 1.09 bits per heavy atom. The molecule has 5 nitrogen and oxygen atoms in total. The zero-order chi connectivity index (χ0) is 28.1. The Hall–Kier alpha value is -5.94. The third-order valence-corrected chi connectivity index (χ3v) is 8.96. The minimum absolute atomic E-state index is 0.924. The van der Waals surface area contributed by atoms with Gasteiger partial charge in [0.15, 0.2) is 0 Å². The molecule has 5 aromatic carbocycles. The number of rotatable bonds is 2. The monoisotopic (exact) mass is 549 g/mol. The van der Waals surface area contributed by atoms with E-state index in [-0.39, 0.29) is 0 Å². The van der Waals surface area contributed by atoms with Crippen LogP contribution in [0.3, 0.4) is 0 Å². The van der Waals surface area contributed by atoms with Gasteiger partial charge in [0.1, 0.15) is 5.65 Å². The van der Waals surface area contributed by atoms with Gasteiger partial charge in [-0.25, -0.2) is 4.98 Å². The molecular weight excluding hydrogens is 526 g/mol. The van der Waals surface area contributed by atoms with Crippen molar-refractivity contribution in [3.63, 3.8) is 0 Å². The Kier molecular flexibility index (Phi) is 4.39. The van der Waals surface area contributed by atoms with Gasteiger partial charge in [0.25, 0.3) is 0 Å². The molecule has 0 aliphatic rings. The molecule has 0 atom stereocenters. The van der Waals surface area contributed by atoms with E-state index < -0.39 is 0 Å². The highest BCUT2D eigenvalue weighted by Crippen LogP contribution is 2.44. The van der Waals surface area contributed by atoms with E-state index in [1.807, 2.05) is 18.6 Å². The summed E-state index contributed by atoms with van der Waals surface area (Å²) in [6.45, 7) is 0. The Morgan fingerprint density at radius 1 is 0.442 bits per heavy atom. The van der Waals surface area contributed by atoms with E-state index in [0.717, 1.165) is 33.3 Å². The smallest absolute Gasteiger partial charge is 0.146 e. The molecule has 0 bridgehead atoms. The fourth-order valence-electron chi connectivity index (χ4n) is 7.23. The lowest BCUT2D eigenvalue weighted by Crippen LogP contribution is -1.95. The second kappa shape index (κ2) is 8.30. The number of hydrogen-bond donors (Lipinski definition) is 0. The summed E-state index contributed by atoms with van der Waals surface area (Å²) in [5.74, 6) is 0. The van der Waals surface area contributed by atoms with Crippen LogP contribution in [0, 0.1) is 0 Å². The van der Waals surface area contributed by atoms with Crippen LogP contribution >= 0.6 is 0 Å². The first-order valence-electron chi connectivity index (χ1n) is 14.5. The summed E-state index contributed by atoms with van der Waals surface area (Å²) < 4.78 is 7.02. The lowest BCUT2D eigenvalue weighted by atomic mass is 10.0. The van der Waals surface area contributed by atoms with Gasteiger partial charge in [0.2, 0.25) is 0 Å². The SMILES string of the molecule is c1ccc(-n2c3ccccc3c3c4c5cc6c(cc5n(-c5ccccc5)c4ccc32)c2ccncc2c2nccn62)cc1. The van der Waals surface area contributed by atoms with Crippen LogP contribution in [-0.2, 0) is 0 Å². The Labute approximate surface area is 245 Å². The van der Waals surface area contributed by atoms with Gasteiger partial charge in [-0.2, -0.15) is 0 Å². The van der Waals surface area contributed by atoms with Gasteiger partial charge in [-0.05, 0) is 66.0 Å². The zero-order valence-electron chi connectivity index (χ0n) is 23.0. The van der Waals surface area contributed by atoms with Crippen LogP contribution < -0.4 is 0 Å². The largest absolute Gasteiger partial charge is 0.309 e. The van der Waals surface area contributed by atoms with E-state index in [0.29, 0.717) is 0 Å². The molecule has 0 N–H and O–H groups in total. The van der Waals surface area contributed by atoms with Gasteiger partial charge in [-0.3, -0.25) is 9.38 Å². The van der Waals surface area contributed by atoms with Crippen LogP contribution in [-0.4, -0.2) is 23.5 Å². The molecule has 0 spiro atoms. The molecule has 0 amide bonds. The molecular formula is C38H23N5. The molecule has 0 unspecified atom stereocenters. The van der Waals surface area contributed by atoms with E-state index in [1.54, 1.807) is 0 Å². The fraction of sp³-hybridized carbons (Fsp3) is 0. The maximum Gasteiger partial charge on any atom is 0.146 e. The summed E-state index contributed by atoms with van der Waals surface area (Å²) in [7, 11) is 0. The first-order valence-corrected chi connectivity index (χ1v) is 14.5. The van der Waals surface area contributed by atoms with Crippen LogP contribution in [0.5, 0.6) is 0 Å². The number of hydrogen-bond acceptors (Lipinski definition) is 2. The summed E-state index contributed by atoms with van der Waals surface area (Å²) in [6.07, 6.45) is 7.74. The van der Waals surface area contributed by atoms with Crippen molar-refractivity contribution in [2.45, 2.75) is 0 Å². The molecule has 0 aliphatic heterocycles. The molecule has 10 aromatic rings. The first kappa shape index (κ1) is 22.7. The van der Waals surface area contributed by atoms with Crippen LogP contribution in [0.2, 0.25) is 0 Å². The van der Waals surface area contributed by atoms with Crippen molar-refractivity contribution >= 4 is 70.9 Å². The molecule has 5 aromatic heterocycles. The average molecular weight is 550 g/mol. The highest BCUT2D eigenvalue weighted by molar-refractivity contribution is 6.30. The first-order chi connectivity index (χ1) is 21.4. The topological polar surface area (TPSA) is 40.0 Å². The molecule has 0 radical (unpaired) electrons. The summed E-state index contributed by atoms with van der Waals surface area (Å²) in [6, 6.07) is 41.6. The fourth-order valence-corrected chi connectivity index (χ4v) is 7.23. The summed E-state index contributed by atoms with van der Waals surface area (Å²) >= 11 is 0. The van der Waals surface area contributed by atoms with Crippen molar-refractivity contribution in [1.29, 1.82) is 0 Å². The van der Waals surface area contributed by atoms with Crippen LogP contribution in [0.15, 0.2) is 140 Å². The predicted molar refractivity (Wildman–Crippen MR) is 177 cm³/mol. The summed E-state index contributed by atoms with van der Waals surface area (Å²) in [4.78, 5) is 9.18. The standard InChI is InChI=1S/C38H23N5/c1-3-9-24(10-4-1)42-31-14-8-7-13-27(31)36-32(42)15-16-33-37(36)29-22-34-28(21-35(29)43(33)25-11-5-2-6-12-25)26-17-18-39-23-30(26)38-40-19-20-41(34)38/h1-23H. The highest BCUT2D eigenvalue weighted by atomic mass is 15.0. The van der Waals surface area contributed by atoms with E-state index in [1.165, 1.54) is 49.0 Å². The maximum absolute atomic E-state index is 4.73. The molecule has 0 fully saturated rings. The Morgan fingerprint density at radius 3 is 1.86 bits per heavy atom. The number of imidazole rings is 1. The van der Waals surface area contributed by atoms with Gasteiger partial charge in [0.05, 0.1) is 27.6 Å². The zero-order valence-corrected chi connectivity index (χ0v) is 23.0. The molecule has 200 valence electrons. The molecule has 0 saturated heterocycles. The Bertz CT molecular complexity index is 2710. The number of nitrogens with zero attached hydrogens (tertiary/aromatic N) is 5. The van der Waals surface area contributed by atoms with Crippen molar-refractivity contribution in [2.75, 3.05) is 0 Å². The van der Waals surface area contributed by atoms with E-state index >= 15 is 0 Å². The van der Waals surface area contributed by atoms with Crippen molar-refractivity contribution in [3.05, 3.63) is 140 Å². The molecule has 43 heavy (non-hydrogen) atoms. The van der Waals surface area contributed by atoms with Crippen molar-refractivity contribution in [1.82, 2.24) is 23.5 Å². The van der Waals surface area contributed by atoms with Crippen LogP contribution in [0.25, 0.3) is 82.3 Å². The lowest BCUT2D eigenvalue weighted by molar-refractivity contribution is 1.17. The van der Waals surface area contributed by atoms with Gasteiger partial charge < -0.3 is 9.13 Å². The normalized spacial score (nSPS) is 12.2. The van der Waals surface area contributed by atoms with Gasteiger partial charge in [-0.1, -0.05) is 54.6 Å². The molecule has 0 saturated carbocycles. The van der Waals surface area contributed by atoms with Crippen LogP contribution in [0.1, 0.15) is 0 Å². The average Bonchev–Trinajstić information content (AvgIpc) is 3.78. The predicted octanol–water partition coefficient (Wildman–Crippen LogP) is 9.23. The van der Waals surface area contributed by atoms with Crippen molar-refractivity contribution in [2.24, 2.45) is 0 Å². The third-order valence-electron chi connectivity index (χ3n) is 8.96. The van der Waals surface area contributed by atoms with Gasteiger partial charge >= 0.3 is 0 Å². The number of fused-ring (bicyclic) bond motifs is 13. The van der Waals surface area contributed by atoms with E-state index in [2.05, 4.69) is 140 Å². The molecule has 0 aliphatic carbocycles. The minimum Gasteiger partial charge on any atom is -0.309 e. The lowest BCUT2D eigenvalue weighted by Gasteiger charge is -2.11. The molecule has 10 rings (SSSR count). The van der Waals surface area contributed by atoms with Crippen molar-refractivity contribution in [3.8, 4) is 11.4 Å². The summed E-state index contributed by atoms with van der Waals surface area (Å²) in [5, 5.41) is 8.37. The maximum atomic E-state index is 4.73.